The second-order valence-electron chi connectivity index (χ2n) is 26.0. The summed E-state index contributed by atoms with van der Waals surface area (Å²) in [5.74, 6) is -0.0192. The number of allylic oxidation sites excluding steroid dienone is 4. The Morgan fingerprint density at radius 3 is 0.866 bits per heavy atom. The monoisotopic (exact) mass is 1150 g/mol. The Bertz CT molecular complexity index is 1280. The van der Waals surface area contributed by atoms with Crippen LogP contribution in [0.1, 0.15) is 425 Å². The van der Waals surface area contributed by atoms with Crippen molar-refractivity contribution in [3.63, 3.8) is 0 Å². The van der Waals surface area contributed by atoms with Gasteiger partial charge in [0.05, 0.1) is 25.4 Å². The molecule has 82 heavy (non-hydrogen) atoms. The summed E-state index contributed by atoms with van der Waals surface area (Å²) in [7, 11) is 0. The average molecular weight is 1160 g/mol. The maximum Gasteiger partial charge on any atom is 0.305 e. The molecule has 1 amide bonds. The fourth-order valence-corrected chi connectivity index (χ4v) is 12.0. The topological polar surface area (TPSA) is 95.9 Å². The number of hydrogen-bond donors (Lipinski definition) is 3. The molecule has 0 aliphatic heterocycles. The average Bonchev–Trinajstić information content (AvgIpc) is 3.48. The summed E-state index contributed by atoms with van der Waals surface area (Å²) < 4.78 is 5.51. The van der Waals surface area contributed by atoms with Gasteiger partial charge < -0.3 is 20.3 Å². The van der Waals surface area contributed by atoms with Crippen molar-refractivity contribution >= 4 is 11.9 Å². The van der Waals surface area contributed by atoms with Crippen LogP contribution in [-0.4, -0.2) is 47.4 Å². The second kappa shape index (κ2) is 71.8. The molecule has 2 unspecified atom stereocenters. The van der Waals surface area contributed by atoms with Crippen LogP contribution in [0.15, 0.2) is 24.3 Å². The summed E-state index contributed by atoms with van der Waals surface area (Å²) in [5, 5.41) is 23.4. The normalized spacial score (nSPS) is 12.6. The van der Waals surface area contributed by atoms with E-state index >= 15 is 0 Å². The van der Waals surface area contributed by atoms with Crippen LogP contribution >= 0.6 is 0 Å². The van der Waals surface area contributed by atoms with E-state index in [4.69, 9.17) is 4.74 Å². The molecule has 0 aliphatic carbocycles. The highest BCUT2D eigenvalue weighted by Crippen LogP contribution is 2.19. The highest BCUT2D eigenvalue weighted by atomic mass is 16.5. The van der Waals surface area contributed by atoms with Crippen LogP contribution < -0.4 is 5.32 Å². The first kappa shape index (κ1) is 80.3. The lowest BCUT2D eigenvalue weighted by Crippen LogP contribution is -2.45. The summed E-state index contributed by atoms with van der Waals surface area (Å²) in [4.78, 5) is 24.7. The fourth-order valence-electron chi connectivity index (χ4n) is 12.0. The molecule has 6 heteroatoms. The van der Waals surface area contributed by atoms with Crippen LogP contribution in [0.2, 0.25) is 0 Å². The van der Waals surface area contributed by atoms with Gasteiger partial charge in [0.15, 0.2) is 0 Å². The van der Waals surface area contributed by atoms with E-state index in [2.05, 4.69) is 43.5 Å². The van der Waals surface area contributed by atoms with Crippen molar-refractivity contribution in [1.29, 1.82) is 0 Å². The molecular weight excluding hydrogens is 1010 g/mol. The standard InChI is InChI=1S/C76H147NO5/c1-3-5-7-9-11-13-15-17-19-21-23-29-33-36-40-44-48-52-56-60-64-68-74(79)73(72-78)77-75(80)69-65-61-57-53-49-45-41-37-34-30-27-25-24-26-28-31-35-39-43-47-51-55-59-63-67-71-82-76(81)70-66-62-58-54-50-46-42-38-32-22-20-18-16-14-12-10-8-6-4-2/h18,20,25,27,73-74,78-79H,3-17,19,21-24,26,28-72H2,1-2H3,(H,77,80)/b20-18-,27-25-. The smallest absolute Gasteiger partial charge is 0.305 e. The van der Waals surface area contributed by atoms with Crippen molar-refractivity contribution in [3.8, 4) is 0 Å². The minimum atomic E-state index is -0.667. The zero-order valence-electron chi connectivity index (χ0n) is 55.8. The van der Waals surface area contributed by atoms with Crippen LogP contribution in [0.5, 0.6) is 0 Å². The second-order valence-corrected chi connectivity index (χ2v) is 26.0. The summed E-state index contributed by atoms with van der Waals surface area (Å²) in [6, 6.07) is -0.545. The molecule has 0 rings (SSSR count). The summed E-state index contributed by atoms with van der Waals surface area (Å²) in [6.45, 7) is 4.99. The van der Waals surface area contributed by atoms with Gasteiger partial charge in [-0.15, -0.1) is 0 Å². The fraction of sp³-hybridized carbons (Fsp3) is 0.921. The lowest BCUT2D eigenvalue weighted by atomic mass is 10.0. The van der Waals surface area contributed by atoms with E-state index in [0.29, 0.717) is 25.9 Å². The molecule has 0 heterocycles. The summed E-state index contributed by atoms with van der Waals surface area (Å²) in [5.41, 5.74) is 0. The zero-order chi connectivity index (χ0) is 59.2. The SMILES string of the molecule is CCCCCCCC/C=C\CCCCCCCCCCCC(=O)OCCCCCCCCCCCCCC/C=C\CCCCCCCCCCCC(=O)NC(CO)C(O)CCCCCCCCCCCCCCCCCCCCCCC. The number of aliphatic hydroxyl groups excluding tert-OH is 2. The summed E-state index contributed by atoms with van der Waals surface area (Å²) >= 11 is 0. The van der Waals surface area contributed by atoms with Gasteiger partial charge in [-0.1, -0.05) is 359 Å². The largest absolute Gasteiger partial charge is 0.466 e. The Kier molecular flexibility index (Phi) is 70.4. The molecule has 0 saturated carbocycles. The number of unbranched alkanes of at least 4 members (excludes halogenated alkanes) is 56. The van der Waals surface area contributed by atoms with Crippen LogP contribution in [-0.2, 0) is 14.3 Å². The molecule has 486 valence electrons. The molecule has 0 aromatic rings. The lowest BCUT2D eigenvalue weighted by Gasteiger charge is -2.22. The minimum absolute atomic E-state index is 0.0142. The van der Waals surface area contributed by atoms with Crippen molar-refractivity contribution in [3.05, 3.63) is 24.3 Å². The molecule has 0 fully saturated rings. The molecule has 0 aromatic heterocycles. The highest BCUT2D eigenvalue weighted by Gasteiger charge is 2.20. The summed E-state index contributed by atoms with van der Waals surface area (Å²) in [6.07, 6.45) is 91.0. The van der Waals surface area contributed by atoms with Crippen molar-refractivity contribution in [2.75, 3.05) is 13.2 Å². The number of aliphatic hydroxyl groups is 2. The molecule has 0 aromatic carbocycles. The quantitative estimate of drug-likeness (QED) is 0.0320. The van der Waals surface area contributed by atoms with E-state index in [1.54, 1.807) is 0 Å². The molecule has 2 atom stereocenters. The van der Waals surface area contributed by atoms with E-state index in [9.17, 15) is 19.8 Å². The van der Waals surface area contributed by atoms with Gasteiger partial charge in [-0.3, -0.25) is 9.59 Å². The third kappa shape index (κ3) is 67.5. The molecule has 0 radical (unpaired) electrons. The van der Waals surface area contributed by atoms with Gasteiger partial charge in [0, 0.05) is 12.8 Å². The van der Waals surface area contributed by atoms with Crippen molar-refractivity contribution in [2.45, 2.75) is 437 Å². The third-order valence-electron chi connectivity index (χ3n) is 17.7. The van der Waals surface area contributed by atoms with Gasteiger partial charge in [-0.05, 0) is 77.0 Å². The number of carbonyl (C=O) groups is 2. The van der Waals surface area contributed by atoms with Gasteiger partial charge in [0.1, 0.15) is 0 Å². The number of hydrogen-bond acceptors (Lipinski definition) is 5. The first-order chi connectivity index (χ1) is 40.5. The number of esters is 1. The van der Waals surface area contributed by atoms with Gasteiger partial charge in [-0.25, -0.2) is 0 Å². The predicted molar refractivity (Wildman–Crippen MR) is 361 cm³/mol. The maximum absolute atomic E-state index is 12.6. The third-order valence-corrected chi connectivity index (χ3v) is 17.7. The molecule has 0 aliphatic rings. The van der Waals surface area contributed by atoms with Crippen molar-refractivity contribution in [1.82, 2.24) is 5.32 Å². The van der Waals surface area contributed by atoms with Gasteiger partial charge in [-0.2, -0.15) is 0 Å². The minimum Gasteiger partial charge on any atom is -0.466 e. The van der Waals surface area contributed by atoms with Crippen LogP contribution in [0.4, 0.5) is 0 Å². The van der Waals surface area contributed by atoms with Gasteiger partial charge in [0.2, 0.25) is 5.91 Å². The van der Waals surface area contributed by atoms with E-state index in [-0.39, 0.29) is 18.5 Å². The van der Waals surface area contributed by atoms with Crippen LogP contribution in [0.3, 0.4) is 0 Å². The van der Waals surface area contributed by atoms with Crippen molar-refractivity contribution < 1.29 is 24.5 Å². The van der Waals surface area contributed by atoms with Gasteiger partial charge in [0.25, 0.3) is 0 Å². The highest BCUT2D eigenvalue weighted by molar-refractivity contribution is 5.76. The molecule has 0 saturated heterocycles. The first-order valence-electron chi connectivity index (χ1n) is 37.6. The maximum atomic E-state index is 12.6. The Hall–Kier alpha value is -1.66. The number of rotatable bonds is 71. The Labute approximate surface area is 513 Å². The van der Waals surface area contributed by atoms with E-state index in [0.717, 1.165) is 44.9 Å². The van der Waals surface area contributed by atoms with Gasteiger partial charge >= 0.3 is 5.97 Å². The molecule has 0 bridgehead atoms. The van der Waals surface area contributed by atoms with Crippen molar-refractivity contribution in [2.24, 2.45) is 0 Å². The van der Waals surface area contributed by atoms with Crippen LogP contribution in [0, 0.1) is 0 Å². The molecule has 0 spiro atoms. The molecule has 3 N–H and O–H groups in total. The Morgan fingerprint density at radius 2 is 0.573 bits per heavy atom. The zero-order valence-corrected chi connectivity index (χ0v) is 55.8. The first-order valence-corrected chi connectivity index (χ1v) is 37.6. The van der Waals surface area contributed by atoms with E-state index in [1.807, 2.05) is 0 Å². The van der Waals surface area contributed by atoms with Crippen LogP contribution in [0.25, 0.3) is 0 Å². The predicted octanol–water partition coefficient (Wildman–Crippen LogP) is 24.5. The van der Waals surface area contributed by atoms with E-state index in [1.165, 1.54) is 347 Å². The number of amides is 1. The number of ether oxygens (including phenoxy) is 1. The number of carbonyl (C=O) groups excluding carboxylic acids is 2. The number of nitrogens with one attached hydrogen (secondary N) is 1. The Balaban J connectivity index is 3.38. The Morgan fingerprint density at radius 1 is 0.329 bits per heavy atom. The molecular formula is C76H147NO5. The van der Waals surface area contributed by atoms with E-state index < -0.39 is 12.1 Å². The lowest BCUT2D eigenvalue weighted by molar-refractivity contribution is -0.143. The molecule has 6 nitrogen and oxygen atoms in total.